The highest BCUT2D eigenvalue weighted by atomic mass is 19.1. The van der Waals surface area contributed by atoms with Crippen LogP contribution in [0.3, 0.4) is 0 Å². The zero-order valence-electron chi connectivity index (χ0n) is 53.0. The first-order chi connectivity index (χ1) is 39.8. The minimum atomic E-state index is -1.66. The molecule has 1 aromatic rings. The quantitative estimate of drug-likeness (QED) is 0.0512. The topological polar surface area (TPSA) is 295 Å². The van der Waals surface area contributed by atoms with E-state index < -0.39 is 106 Å². The summed E-state index contributed by atoms with van der Waals surface area (Å²) in [5, 5.41) is 25.3. The van der Waals surface area contributed by atoms with Crippen molar-refractivity contribution < 1.29 is 57.1 Å². The van der Waals surface area contributed by atoms with E-state index in [1.165, 1.54) is 70.7 Å². The monoisotopic (exact) mass is 1200 g/mol. The van der Waals surface area contributed by atoms with Crippen molar-refractivity contribution in [1.82, 2.24) is 57.7 Å². The van der Waals surface area contributed by atoms with Crippen molar-refractivity contribution in [2.45, 2.75) is 226 Å². The van der Waals surface area contributed by atoms with Crippen molar-refractivity contribution in [1.29, 1.82) is 0 Å². The van der Waals surface area contributed by atoms with Crippen LogP contribution in [-0.2, 0) is 47.9 Å². The van der Waals surface area contributed by atoms with Crippen LogP contribution >= 0.6 is 0 Å². The molecule has 22 nitrogen and oxygen atoms in total. The zero-order chi connectivity index (χ0) is 63.4. The van der Waals surface area contributed by atoms with Crippen molar-refractivity contribution in [3.8, 4) is 0 Å². The Hall–Kier alpha value is -6.23. The highest BCUT2D eigenvalue weighted by molar-refractivity contribution is 6.01. The summed E-state index contributed by atoms with van der Waals surface area (Å²) in [6, 6.07) is -0.435. The van der Waals surface area contributed by atoms with Crippen LogP contribution in [0.2, 0.25) is 0 Å². The molecule has 85 heavy (non-hydrogen) atoms. The number of likely N-dealkylation sites (tertiary alicyclic amines) is 1. The first-order valence-corrected chi connectivity index (χ1v) is 30.9. The van der Waals surface area contributed by atoms with Gasteiger partial charge in [0.1, 0.15) is 52.6 Å². The van der Waals surface area contributed by atoms with Gasteiger partial charge in [0.25, 0.3) is 5.91 Å². The molecule has 0 spiro atoms. The molecule has 2 heterocycles. The largest absolute Gasteiger partial charge is 0.379 e. The standard InChI is InChI=1S/C62H102FN11O11/c1-38(2)34-46(52(77)68-48(36-40(5)6)54(79)71-62(12,13)59(84)72-60(8,9)57(82)64-28-27-50(75)65-41(7)37-73-30-32-85-33-31-73)69-58(83)61(10,11)70-53(78)47(35-39(3)4)67-51(76)45(26-21-42-18-15-14-16-19-42)66-55(80)49-20-17-29-74(49)56(81)43-22-24-44(63)25-23-43/h22-25,38-42,45-49H,14-21,26-37H2,1-13H3,(H,64,82)(H,65,75)(H,66,80)(H,67,76)(H,68,77)(H,69,83)(H,70,78)(H,71,79)(H,72,84)/t41?,45?,46?,47?,48?,49-/m0/s1. The van der Waals surface area contributed by atoms with Gasteiger partial charge in [-0.15, -0.1) is 0 Å². The number of nitrogens with one attached hydrogen (secondary N) is 9. The lowest BCUT2D eigenvalue weighted by molar-refractivity contribution is -0.139. The number of nitrogens with zero attached hydrogens (tertiary/aromatic N) is 2. The van der Waals surface area contributed by atoms with E-state index in [2.05, 4.69) is 52.8 Å². The average Bonchev–Trinajstić information content (AvgIpc) is 4.07. The second-order valence-corrected chi connectivity index (χ2v) is 26.5. The number of carbonyl (C=O) groups is 10. The fourth-order valence-electron chi connectivity index (χ4n) is 10.9. The molecule has 3 aliphatic rings. The Balaban J connectivity index is 1.40. The van der Waals surface area contributed by atoms with Crippen molar-refractivity contribution >= 4 is 59.1 Å². The lowest BCUT2D eigenvalue weighted by Gasteiger charge is -2.34. The van der Waals surface area contributed by atoms with Crippen LogP contribution in [0, 0.1) is 29.5 Å². The summed E-state index contributed by atoms with van der Waals surface area (Å²) in [7, 11) is 0. The molecule has 1 aliphatic carbocycles. The first-order valence-electron chi connectivity index (χ1n) is 30.9. The summed E-state index contributed by atoms with van der Waals surface area (Å²) in [4.78, 5) is 142. The van der Waals surface area contributed by atoms with Gasteiger partial charge >= 0.3 is 0 Å². The molecule has 5 unspecified atom stereocenters. The van der Waals surface area contributed by atoms with Crippen molar-refractivity contribution in [2.24, 2.45) is 23.7 Å². The SMILES string of the molecule is CC(C)CC(NC(=O)C(CCC1CCCCC1)NC(=O)[C@@H]1CCCN1C(=O)c1ccc(F)cc1)C(=O)NC(C)(C)C(=O)NC(CC(C)C)C(=O)NC(CC(C)C)C(=O)NC(C)(C)C(=O)NC(C)(C)C(=O)NCCC(=O)NC(C)CN1CCOCC1. The second kappa shape index (κ2) is 33.0. The van der Waals surface area contributed by atoms with Crippen LogP contribution in [-0.4, -0.2) is 168 Å². The van der Waals surface area contributed by atoms with Crippen molar-refractivity contribution in [3.63, 3.8) is 0 Å². The molecule has 9 N–H and O–H groups in total. The number of hydrogen-bond donors (Lipinski definition) is 9. The van der Waals surface area contributed by atoms with Crippen molar-refractivity contribution in [3.05, 3.63) is 35.6 Å². The summed E-state index contributed by atoms with van der Waals surface area (Å²) in [6.07, 6.45) is 7.61. The van der Waals surface area contributed by atoms with E-state index in [0.29, 0.717) is 51.5 Å². The normalized spacial score (nSPS) is 18.1. The minimum Gasteiger partial charge on any atom is -0.379 e. The minimum absolute atomic E-state index is 0.0199. The van der Waals surface area contributed by atoms with E-state index in [4.69, 9.17) is 4.74 Å². The number of rotatable bonds is 31. The van der Waals surface area contributed by atoms with Gasteiger partial charge in [-0.25, -0.2) is 4.39 Å². The smallest absolute Gasteiger partial charge is 0.254 e. The maximum absolute atomic E-state index is 14.4. The summed E-state index contributed by atoms with van der Waals surface area (Å²) in [5.74, 6) is -6.29. The third-order valence-corrected chi connectivity index (χ3v) is 15.8. The molecule has 478 valence electrons. The van der Waals surface area contributed by atoms with E-state index in [9.17, 15) is 52.3 Å². The number of morpholine rings is 1. The van der Waals surface area contributed by atoms with Gasteiger partial charge in [-0.2, -0.15) is 0 Å². The van der Waals surface area contributed by atoms with E-state index in [0.717, 1.165) is 45.2 Å². The molecule has 0 radical (unpaired) electrons. The Kier molecular flexibility index (Phi) is 27.7. The molecule has 3 fully saturated rings. The summed E-state index contributed by atoms with van der Waals surface area (Å²) in [6.45, 7) is 25.8. The highest BCUT2D eigenvalue weighted by Gasteiger charge is 2.42. The molecular weight excluding hydrogens is 1090 g/mol. The molecule has 1 aromatic carbocycles. The van der Waals surface area contributed by atoms with Gasteiger partial charge in [0.2, 0.25) is 53.2 Å². The Morgan fingerprint density at radius 2 is 1.07 bits per heavy atom. The van der Waals surface area contributed by atoms with E-state index in [-0.39, 0.29) is 73.9 Å². The van der Waals surface area contributed by atoms with Gasteiger partial charge in [0.15, 0.2) is 0 Å². The van der Waals surface area contributed by atoms with Gasteiger partial charge in [0.05, 0.1) is 13.2 Å². The molecule has 0 aromatic heterocycles. The van der Waals surface area contributed by atoms with Gasteiger partial charge in [-0.3, -0.25) is 52.8 Å². The van der Waals surface area contributed by atoms with Gasteiger partial charge in [-0.05, 0) is 141 Å². The number of amides is 10. The molecule has 1 saturated carbocycles. The molecule has 2 aliphatic heterocycles. The lowest BCUT2D eigenvalue weighted by Crippen LogP contribution is -2.65. The molecular formula is C62H102FN11O11. The fourth-order valence-corrected chi connectivity index (χ4v) is 10.9. The summed E-state index contributed by atoms with van der Waals surface area (Å²) < 4.78 is 19.1. The Morgan fingerprint density at radius 3 is 1.61 bits per heavy atom. The van der Waals surface area contributed by atoms with E-state index in [1.54, 1.807) is 0 Å². The van der Waals surface area contributed by atoms with Crippen LogP contribution < -0.4 is 47.9 Å². The van der Waals surface area contributed by atoms with Gasteiger partial charge in [0, 0.05) is 50.7 Å². The predicted molar refractivity (Wildman–Crippen MR) is 322 cm³/mol. The van der Waals surface area contributed by atoms with E-state index in [1.807, 2.05) is 48.5 Å². The van der Waals surface area contributed by atoms with Crippen LogP contribution in [0.15, 0.2) is 24.3 Å². The third-order valence-electron chi connectivity index (χ3n) is 15.8. The van der Waals surface area contributed by atoms with Crippen molar-refractivity contribution in [2.75, 3.05) is 45.9 Å². The highest BCUT2D eigenvalue weighted by Crippen LogP contribution is 2.29. The second-order valence-electron chi connectivity index (χ2n) is 26.5. The molecule has 0 bridgehead atoms. The maximum atomic E-state index is 14.4. The number of benzene rings is 1. The molecule has 10 amide bonds. The number of ether oxygens (including phenoxy) is 1. The lowest BCUT2D eigenvalue weighted by atomic mass is 9.85. The Labute approximate surface area is 503 Å². The van der Waals surface area contributed by atoms with Crippen LogP contribution in [0.1, 0.15) is 184 Å². The molecule has 4 rings (SSSR count). The third kappa shape index (κ3) is 23.5. The number of halogens is 1. The Morgan fingerprint density at radius 1 is 0.565 bits per heavy atom. The molecule has 6 atom stereocenters. The maximum Gasteiger partial charge on any atom is 0.254 e. The van der Waals surface area contributed by atoms with Gasteiger partial charge < -0.3 is 57.5 Å². The number of carbonyl (C=O) groups excluding carboxylic acids is 10. The van der Waals surface area contributed by atoms with Crippen LogP contribution in [0.25, 0.3) is 0 Å². The van der Waals surface area contributed by atoms with E-state index >= 15 is 0 Å². The molecule has 2 saturated heterocycles. The van der Waals surface area contributed by atoms with Crippen LogP contribution in [0.5, 0.6) is 0 Å². The van der Waals surface area contributed by atoms with Crippen LogP contribution in [0.4, 0.5) is 4.39 Å². The molecule has 23 heteroatoms. The number of hydrogen-bond acceptors (Lipinski definition) is 12. The summed E-state index contributed by atoms with van der Waals surface area (Å²) in [5.41, 5.74) is -4.48. The zero-order valence-corrected chi connectivity index (χ0v) is 53.0. The fraction of sp³-hybridized carbons (Fsp3) is 0.742. The predicted octanol–water partition coefficient (Wildman–Crippen LogP) is 3.90. The Bertz CT molecular complexity index is 2440. The summed E-state index contributed by atoms with van der Waals surface area (Å²) >= 11 is 0. The first kappa shape index (κ1) is 71.3. The van der Waals surface area contributed by atoms with Gasteiger partial charge in [-0.1, -0.05) is 73.6 Å². The average molecular weight is 1200 g/mol.